The largest absolute Gasteiger partial charge is 0.313 e. The minimum Gasteiger partial charge on any atom is -0.313 e. The Balaban J connectivity index is 3.12. The van der Waals surface area contributed by atoms with E-state index in [1.807, 2.05) is 20.8 Å². The van der Waals surface area contributed by atoms with Crippen LogP contribution in [0.4, 0.5) is 4.39 Å². The zero-order chi connectivity index (χ0) is 15.3. The Hall–Kier alpha value is -0.980. The second-order valence-electron chi connectivity index (χ2n) is 5.23. The zero-order valence-electron chi connectivity index (χ0n) is 12.5. The van der Waals surface area contributed by atoms with E-state index < -0.39 is 15.8 Å². The van der Waals surface area contributed by atoms with Gasteiger partial charge in [-0.2, -0.15) is 0 Å². The van der Waals surface area contributed by atoms with E-state index in [1.165, 1.54) is 19.1 Å². The first kappa shape index (κ1) is 17.1. The molecule has 0 radical (unpaired) electrons. The highest BCUT2D eigenvalue weighted by atomic mass is 32.2. The predicted octanol–water partition coefficient (Wildman–Crippen LogP) is 2.18. The third-order valence-corrected chi connectivity index (χ3v) is 4.46. The molecule has 114 valence electrons. The van der Waals surface area contributed by atoms with Gasteiger partial charge in [-0.3, -0.25) is 0 Å². The molecule has 0 aromatic heterocycles. The molecular weight excluding hydrogens is 279 g/mol. The lowest BCUT2D eigenvalue weighted by Crippen LogP contribution is -2.28. The standard InChI is InChI=1S/C14H23FN2O2S/c1-5-16-9-12-6-13(15)11(4)14(7-12)20(18,19)17-8-10(2)3/h6-7,10,16-17H,5,8-9H2,1-4H3. The third kappa shape index (κ3) is 4.54. The average Bonchev–Trinajstić information content (AvgIpc) is 2.37. The Bertz CT molecular complexity index is 557. The zero-order valence-corrected chi connectivity index (χ0v) is 13.3. The molecular formula is C14H23FN2O2S. The molecule has 0 unspecified atom stereocenters. The fraction of sp³-hybridized carbons (Fsp3) is 0.571. The van der Waals surface area contributed by atoms with Crippen molar-refractivity contribution in [3.8, 4) is 0 Å². The summed E-state index contributed by atoms with van der Waals surface area (Å²) in [5, 5.41) is 3.06. The Morgan fingerprint density at radius 3 is 2.50 bits per heavy atom. The van der Waals surface area contributed by atoms with Gasteiger partial charge in [-0.1, -0.05) is 20.8 Å². The number of halogens is 1. The summed E-state index contributed by atoms with van der Waals surface area (Å²) in [5.41, 5.74) is 0.779. The van der Waals surface area contributed by atoms with Crippen LogP contribution in [0, 0.1) is 18.7 Å². The Kier molecular flexibility index (Phi) is 6.10. The molecule has 0 atom stereocenters. The van der Waals surface area contributed by atoms with Crippen LogP contribution in [0.2, 0.25) is 0 Å². The monoisotopic (exact) mass is 302 g/mol. The predicted molar refractivity (Wildman–Crippen MR) is 78.5 cm³/mol. The molecule has 0 spiro atoms. The van der Waals surface area contributed by atoms with Gasteiger partial charge in [0.2, 0.25) is 10.0 Å². The van der Waals surface area contributed by atoms with E-state index in [2.05, 4.69) is 10.0 Å². The van der Waals surface area contributed by atoms with Crippen molar-refractivity contribution in [2.45, 2.75) is 39.1 Å². The summed E-state index contributed by atoms with van der Waals surface area (Å²) in [4.78, 5) is 0.0195. The minimum atomic E-state index is -3.67. The highest BCUT2D eigenvalue weighted by Gasteiger charge is 2.20. The second kappa shape index (κ2) is 7.15. The van der Waals surface area contributed by atoms with Crippen LogP contribution in [0.25, 0.3) is 0 Å². The number of rotatable bonds is 7. The van der Waals surface area contributed by atoms with E-state index in [-0.39, 0.29) is 16.4 Å². The van der Waals surface area contributed by atoms with Crippen LogP contribution in [0.15, 0.2) is 17.0 Å². The molecule has 0 amide bonds. The average molecular weight is 302 g/mol. The lowest BCUT2D eigenvalue weighted by Gasteiger charge is -2.13. The van der Waals surface area contributed by atoms with E-state index in [9.17, 15) is 12.8 Å². The van der Waals surface area contributed by atoms with Crippen molar-refractivity contribution < 1.29 is 12.8 Å². The quantitative estimate of drug-likeness (QED) is 0.811. The number of hydrogen-bond donors (Lipinski definition) is 2. The van der Waals surface area contributed by atoms with Crippen molar-refractivity contribution in [2.75, 3.05) is 13.1 Å². The summed E-state index contributed by atoms with van der Waals surface area (Å²) in [6, 6.07) is 2.91. The van der Waals surface area contributed by atoms with Gasteiger partial charge in [0, 0.05) is 18.7 Å². The van der Waals surface area contributed by atoms with Crippen LogP contribution in [0.5, 0.6) is 0 Å². The van der Waals surface area contributed by atoms with Gasteiger partial charge in [0.15, 0.2) is 0 Å². The van der Waals surface area contributed by atoms with E-state index in [4.69, 9.17) is 0 Å². The lowest BCUT2D eigenvalue weighted by atomic mass is 10.1. The summed E-state index contributed by atoms with van der Waals surface area (Å²) in [6.45, 7) is 8.77. The van der Waals surface area contributed by atoms with Crippen molar-refractivity contribution in [2.24, 2.45) is 5.92 Å². The van der Waals surface area contributed by atoms with Crippen molar-refractivity contribution in [3.63, 3.8) is 0 Å². The summed E-state index contributed by atoms with van der Waals surface area (Å²) in [7, 11) is -3.67. The van der Waals surface area contributed by atoms with Crippen LogP contribution < -0.4 is 10.0 Å². The first-order valence-electron chi connectivity index (χ1n) is 6.77. The van der Waals surface area contributed by atoms with Crippen LogP contribution >= 0.6 is 0 Å². The van der Waals surface area contributed by atoms with E-state index >= 15 is 0 Å². The Morgan fingerprint density at radius 1 is 1.30 bits per heavy atom. The SMILES string of the molecule is CCNCc1cc(F)c(C)c(S(=O)(=O)NCC(C)C)c1. The van der Waals surface area contributed by atoms with Gasteiger partial charge in [0.25, 0.3) is 0 Å². The van der Waals surface area contributed by atoms with Gasteiger partial charge >= 0.3 is 0 Å². The number of hydrogen-bond acceptors (Lipinski definition) is 3. The highest BCUT2D eigenvalue weighted by molar-refractivity contribution is 7.89. The van der Waals surface area contributed by atoms with Gasteiger partial charge in [-0.05, 0) is 37.1 Å². The molecule has 1 rings (SSSR count). The number of nitrogens with one attached hydrogen (secondary N) is 2. The van der Waals surface area contributed by atoms with Crippen LogP contribution in [0.1, 0.15) is 31.9 Å². The molecule has 0 saturated heterocycles. The number of benzene rings is 1. The van der Waals surface area contributed by atoms with Gasteiger partial charge in [0.1, 0.15) is 5.82 Å². The molecule has 1 aromatic rings. The Morgan fingerprint density at radius 2 is 1.95 bits per heavy atom. The lowest BCUT2D eigenvalue weighted by molar-refractivity contribution is 0.555. The molecule has 2 N–H and O–H groups in total. The van der Waals surface area contributed by atoms with Gasteiger partial charge in [0.05, 0.1) is 4.90 Å². The first-order valence-corrected chi connectivity index (χ1v) is 8.25. The molecule has 1 aromatic carbocycles. The molecule has 20 heavy (non-hydrogen) atoms. The fourth-order valence-corrected chi connectivity index (χ4v) is 3.23. The maximum Gasteiger partial charge on any atom is 0.240 e. The van der Waals surface area contributed by atoms with Crippen LogP contribution in [-0.4, -0.2) is 21.5 Å². The summed E-state index contributed by atoms with van der Waals surface area (Å²) in [6.07, 6.45) is 0. The third-order valence-electron chi connectivity index (χ3n) is 2.91. The minimum absolute atomic E-state index is 0.0195. The molecule has 0 bridgehead atoms. The molecule has 0 aliphatic carbocycles. The van der Waals surface area contributed by atoms with Crippen LogP contribution in [-0.2, 0) is 16.6 Å². The normalized spacial score (nSPS) is 12.1. The topological polar surface area (TPSA) is 58.2 Å². The molecule has 0 saturated carbocycles. The van der Waals surface area contributed by atoms with Gasteiger partial charge in [-0.25, -0.2) is 17.5 Å². The van der Waals surface area contributed by atoms with Crippen molar-refractivity contribution in [3.05, 3.63) is 29.1 Å². The number of sulfonamides is 1. The first-order chi connectivity index (χ1) is 9.27. The molecule has 4 nitrogen and oxygen atoms in total. The molecule has 0 fully saturated rings. The summed E-state index contributed by atoms with van der Waals surface area (Å²) in [5.74, 6) is -0.301. The van der Waals surface area contributed by atoms with Gasteiger partial charge in [-0.15, -0.1) is 0 Å². The second-order valence-corrected chi connectivity index (χ2v) is 6.96. The molecule has 0 aliphatic heterocycles. The maximum absolute atomic E-state index is 13.9. The molecule has 0 heterocycles. The van der Waals surface area contributed by atoms with Crippen molar-refractivity contribution in [1.29, 1.82) is 0 Å². The summed E-state index contributed by atoms with van der Waals surface area (Å²) < 4.78 is 40.9. The van der Waals surface area contributed by atoms with Crippen molar-refractivity contribution >= 4 is 10.0 Å². The van der Waals surface area contributed by atoms with Crippen molar-refractivity contribution in [1.82, 2.24) is 10.0 Å². The maximum atomic E-state index is 13.9. The smallest absolute Gasteiger partial charge is 0.240 e. The van der Waals surface area contributed by atoms with Crippen LogP contribution in [0.3, 0.4) is 0 Å². The fourth-order valence-electron chi connectivity index (χ4n) is 1.71. The van der Waals surface area contributed by atoms with E-state index in [0.717, 1.165) is 6.54 Å². The Labute approximate surface area is 120 Å². The van der Waals surface area contributed by atoms with Gasteiger partial charge < -0.3 is 5.32 Å². The van der Waals surface area contributed by atoms with E-state index in [0.29, 0.717) is 18.7 Å². The highest BCUT2D eigenvalue weighted by Crippen LogP contribution is 2.20. The van der Waals surface area contributed by atoms with E-state index in [1.54, 1.807) is 0 Å². The molecule has 0 aliphatic rings. The molecule has 6 heteroatoms. The summed E-state index contributed by atoms with van der Waals surface area (Å²) >= 11 is 0.